The Balaban J connectivity index is 1.63. The fraction of sp³-hybridized carbons (Fsp3) is 0.571. The molecule has 28 heavy (non-hydrogen) atoms. The van der Waals surface area contributed by atoms with Gasteiger partial charge in [0.05, 0.1) is 12.5 Å². The van der Waals surface area contributed by atoms with Gasteiger partial charge in [-0.15, -0.1) is 0 Å². The van der Waals surface area contributed by atoms with Crippen LogP contribution in [0.15, 0.2) is 11.1 Å². The van der Waals surface area contributed by atoms with Gasteiger partial charge in [0.15, 0.2) is 34.0 Å². The summed E-state index contributed by atoms with van der Waals surface area (Å²) >= 11 is 3.42. The number of aromatic nitrogens is 4. The molecule has 0 amide bonds. The summed E-state index contributed by atoms with van der Waals surface area (Å²) < 4.78 is 31.0. The molecule has 14 heteroatoms. The van der Waals surface area contributed by atoms with Crippen molar-refractivity contribution < 1.29 is 23.0 Å². The maximum absolute atomic E-state index is 8.67. The van der Waals surface area contributed by atoms with E-state index in [2.05, 4.69) is 30.9 Å². The summed E-state index contributed by atoms with van der Waals surface area (Å²) in [5.74, 6) is 0.256. The van der Waals surface area contributed by atoms with E-state index in [9.17, 15) is 0 Å². The van der Waals surface area contributed by atoms with E-state index in [-0.39, 0.29) is 25.5 Å². The van der Waals surface area contributed by atoms with E-state index in [0.717, 1.165) is 0 Å². The molecule has 2 radical (unpaired) electrons. The number of hydrogen-bond acceptors (Lipinski definition) is 10. The third-order valence-corrected chi connectivity index (χ3v) is 6.60. The van der Waals surface area contributed by atoms with Crippen LogP contribution >= 0.6 is 23.8 Å². The summed E-state index contributed by atoms with van der Waals surface area (Å²) in [5.41, 5.74) is 6.83. The Hall–Kier alpha value is -1.39. The molecule has 2 aliphatic heterocycles. The number of rotatable bonds is 5. The van der Waals surface area contributed by atoms with Gasteiger partial charge in [-0.3, -0.25) is 4.57 Å². The van der Waals surface area contributed by atoms with Gasteiger partial charge in [-0.05, 0) is 15.9 Å². The van der Waals surface area contributed by atoms with Crippen LogP contribution in [0.5, 0.6) is 0 Å². The second-order valence-corrected chi connectivity index (χ2v) is 8.61. The lowest BCUT2D eigenvalue weighted by molar-refractivity contribution is -0.0645. The van der Waals surface area contributed by atoms with Crippen molar-refractivity contribution in [3.05, 3.63) is 11.1 Å². The van der Waals surface area contributed by atoms with E-state index >= 15 is 0 Å². The third kappa shape index (κ3) is 3.39. The molecule has 11 nitrogen and oxygen atoms in total. The number of nitrogens with two attached hydrogens (primary N) is 1. The van der Waals surface area contributed by atoms with Crippen molar-refractivity contribution in [3.8, 4) is 6.07 Å². The van der Waals surface area contributed by atoms with Crippen LogP contribution in [-0.2, 0) is 23.0 Å². The normalized spacial score (nSPS) is 32.3. The average Bonchev–Trinajstić information content (AvgIpc) is 3.18. The van der Waals surface area contributed by atoms with E-state index in [4.69, 9.17) is 41.6 Å². The van der Waals surface area contributed by atoms with Gasteiger partial charge >= 0.3 is 15.4 Å². The van der Waals surface area contributed by atoms with E-state index in [1.807, 2.05) is 6.07 Å². The van der Waals surface area contributed by atoms with Gasteiger partial charge in [-0.2, -0.15) is 18.8 Å². The molecule has 4 rings (SSSR count). The molecular formula is C14H16BBrN6O5P+. The summed E-state index contributed by atoms with van der Waals surface area (Å²) in [6.45, 7) is 0.285. The molecule has 2 aliphatic rings. The van der Waals surface area contributed by atoms with Crippen LogP contribution in [0.3, 0.4) is 0 Å². The second-order valence-electron chi connectivity index (χ2n) is 6.09. The number of fused-ring (bicyclic) bond motifs is 2. The molecule has 2 fully saturated rings. The molecule has 0 aliphatic carbocycles. The first-order chi connectivity index (χ1) is 13.5. The fourth-order valence-corrected chi connectivity index (χ4v) is 5.26. The van der Waals surface area contributed by atoms with Gasteiger partial charge in [0, 0.05) is 7.11 Å². The first-order valence-electron chi connectivity index (χ1n) is 8.31. The first kappa shape index (κ1) is 19.9. The maximum Gasteiger partial charge on any atom is 0.488 e. The lowest BCUT2D eigenvalue weighted by Gasteiger charge is -2.31. The monoisotopic (exact) mass is 469 g/mol. The maximum atomic E-state index is 8.67. The van der Waals surface area contributed by atoms with Crippen LogP contribution in [0.2, 0.25) is 0 Å². The Morgan fingerprint density at radius 1 is 1.54 bits per heavy atom. The van der Waals surface area contributed by atoms with Crippen LogP contribution in [0, 0.1) is 11.3 Å². The van der Waals surface area contributed by atoms with Gasteiger partial charge in [0.2, 0.25) is 0 Å². The molecule has 1 unspecified atom stereocenters. The largest absolute Gasteiger partial charge is 0.488 e. The van der Waals surface area contributed by atoms with Crippen LogP contribution in [0.25, 0.3) is 11.2 Å². The number of ether oxygens (including phenoxy) is 2. The average molecular weight is 470 g/mol. The number of methoxy groups -OCH3 is 1. The van der Waals surface area contributed by atoms with Crippen LogP contribution in [-0.4, -0.2) is 65.7 Å². The highest BCUT2D eigenvalue weighted by Crippen LogP contribution is 2.63. The van der Waals surface area contributed by atoms with Gasteiger partial charge in [0.1, 0.15) is 31.7 Å². The SMILES string of the molecule is [B][P+]1(OCCC#N)OC[C@H]2O[C@@H](n3c(Br)nc4c(N)ncnc43)[C@@H](OC)[C@H]2O1. The molecule has 2 aromatic heterocycles. The standard InChI is InChI=1S/C14H16BBrN6O5P/c1-23-10-9-7(5-25-28(15,27-9)24-4-2-3-17)26-13(10)22-12-8(21-14(22)16)11(18)19-6-20-12/h6-7,9-10,13H,2,4-5H2,1H3,(H2,18,19,20)/q+1/t7-,9+,10+,13-,28?/m1/s1. The van der Waals surface area contributed by atoms with Crippen LogP contribution in [0.4, 0.5) is 5.82 Å². The van der Waals surface area contributed by atoms with E-state index in [1.54, 1.807) is 11.7 Å². The summed E-state index contributed by atoms with van der Waals surface area (Å²) in [6, 6.07) is 1.98. The number of nitriles is 1. The molecule has 2 N–H and O–H groups in total. The molecule has 146 valence electrons. The number of nitrogen functional groups attached to an aromatic ring is 1. The smallest absolute Gasteiger partial charge is 0.382 e. The predicted octanol–water partition coefficient (Wildman–Crippen LogP) is 1.28. The molecule has 5 atom stereocenters. The molecule has 4 heterocycles. The highest BCUT2D eigenvalue weighted by atomic mass is 79.9. The second kappa shape index (κ2) is 7.80. The summed E-state index contributed by atoms with van der Waals surface area (Å²) in [5, 5.41) is 8.67. The number of nitrogens with zero attached hydrogens (tertiary/aromatic N) is 5. The van der Waals surface area contributed by atoms with E-state index in [0.29, 0.717) is 15.9 Å². The van der Waals surface area contributed by atoms with Crippen molar-refractivity contribution in [1.29, 1.82) is 5.26 Å². The van der Waals surface area contributed by atoms with E-state index < -0.39 is 32.4 Å². The van der Waals surface area contributed by atoms with Crippen molar-refractivity contribution in [3.63, 3.8) is 0 Å². The molecule has 0 spiro atoms. The Labute approximate surface area is 170 Å². The predicted molar refractivity (Wildman–Crippen MR) is 102 cm³/mol. The Bertz CT molecular complexity index is 929. The summed E-state index contributed by atoms with van der Waals surface area (Å²) in [6.07, 6.45) is -0.598. The van der Waals surface area contributed by atoms with E-state index in [1.165, 1.54) is 6.33 Å². The lowest BCUT2D eigenvalue weighted by atomic mass is 10.1. The molecule has 0 aromatic carbocycles. The van der Waals surface area contributed by atoms with Gasteiger partial charge in [-0.1, -0.05) is 0 Å². The highest BCUT2D eigenvalue weighted by Gasteiger charge is 2.59. The van der Waals surface area contributed by atoms with Crippen molar-refractivity contribution in [1.82, 2.24) is 19.5 Å². The molecule has 2 aromatic rings. The van der Waals surface area contributed by atoms with Gasteiger partial charge in [0.25, 0.3) is 0 Å². The van der Waals surface area contributed by atoms with Crippen LogP contribution < -0.4 is 5.73 Å². The Kier molecular flexibility index (Phi) is 5.54. The molecule has 2 saturated heterocycles. The fourth-order valence-electron chi connectivity index (χ4n) is 3.22. The van der Waals surface area contributed by atoms with Crippen molar-refractivity contribution in [2.45, 2.75) is 31.0 Å². The first-order valence-corrected chi connectivity index (χ1v) is 10.7. The zero-order chi connectivity index (χ0) is 19.9. The van der Waals surface area contributed by atoms with Crippen molar-refractivity contribution >= 4 is 48.3 Å². The lowest BCUT2D eigenvalue weighted by Crippen LogP contribution is -2.42. The van der Waals surface area contributed by atoms with Crippen molar-refractivity contribution in [2.24, 2.45) is 0 Å². The minimum atomic E-state index is -3.08. The molecule has 0 saturated carbocycles. The third-order valence-electron chi connectivity index (χ3n) is 4.45. The van der Waals surface area contributed by atoms with Crippen LogP contribution in [0.1, 0.15) is 12.6 Å². The number of hydrogen-bond donors (Lipinski definition) is 1. The summed E-state index contributed by atoms with van der Waals surface area (Å²) in [4.78, 5) is 12.6. The minimum absolute atomic E-state index is 0.119. The van der Waals surface area contributed by atoms with Gasteiger partial charge < -0.3 is 15.2 Å². The number of imidazole rings is 1. The minimum Gasteiger partial charge on any atom is -0.382 e. The quantitative estimate of drug-likeness (QED) is 0.294. The van der Waals surface area contributed by atoms with Gasteiger partial charge in [-0.25, -0.2) is 15.0 Å². The zero-order valence-corrected chi connectivity index (χ0v) is 17.2. The highest BCUT2D eigenvalue weighted by molar-refractivity contribution is 9.10. The Morgan fingerprint density at radius 3 is 3.11 bits per heavy atom. The Morgan fingerprint density at radius 2 is 2.36 bits per heavy atom. The zero-order valence-electron chi connectivity index (χ0n) is 14.8. The number of halogens is 1. The summed E-state index contributed by atoms with van der Waals surface area (Å²) in [7, 11) is 4.60. The topological polar surface area (TPSA) is 140 Å². The molecule has 0 bridgehead atoms. The van der Waals surface area contributed by atoms with Crippen molar-refractivity contribution in [2.75, 3.05) is 26.1 Å². The number of anilines is 1. The molecular weight excluding hydrogens is 454 g/mol.